The number of hydrogen-bond donors (Lipinski definition) is 0. The van der Waals surface area contributed by atoms with Gasteiger partial charge >= 0.3 is 5.97 Å². The van der Waals surface area contributed by atoms with Gasteiger partial charge in [-0.3, -0.25) is 9.59 Å². The lowest BCUT2D eigenvalue weighted by atomic mass is 10.1. The molecule has 0 radical (unpaired) electrons. The fourth-order valence-corrected chi connectivity index (χ4v) is 3.53. The maximum Gasteiger partial charge on any atom is 0.312 e. The van der Waals surface area contributed by atoms with Crippen molar-refractivity contribution >= 4 is 22.7 Å². The Morgan fingerprint density at radius 3 is 2.75 bits per heavy atom. The molecule has 148 valence electrons. The number of aryl methyl sites for hydroxylation is 1. The largest absolute Gasteiger partial charge is 0.457 e. The molecule has 0 bridgehead atoms. The molecule has 7 nitrogen and oxygen atoms in total. The van der Waals surface area contributed by atoms with E-state index in [-0.39, 0.29) is 24.9 Å². The molecule has 2 aromatic heterocycles. The van der Waals surface area contributed by atoms with Crippen molar-refractivity contribution in [3.05, 3.63) is 53.0 Å². The smallest absolute Gasteiger partial charge is 0.312 e. The van der Waals surface area contributed by atoms with E-state index in [9.17, 15) is 9.59 Å². The summed E-state index contributed by atoms with van der Waals surface area (Å²) in [5.74, 6) is -0.753. The molecule has 0 N–H and O–H groups in total. The molecule has 1 aromatic carbocycles. The van der Waals surface area contributed by atoms with Crippen LogP contribution in [0, 0.1) is 13.8 Å². The Morgan fingerprint density at radius 1 is 1.25 bits per heavy atom. The highest BCUT2D eigenvalue weighted by molar-refractivity contribution is 5.99. The fraction of sp³-hybridized carbons (Fsp3) is 0.381. The quantitative estimate of drug-likeness (QED) is 0.437. The topological polar surface area (TPSA) is 83.6 Å². The maximum absolute atomic E-state index is 12.6. The Bertz CT molecular complexity index is 1000. The highest BCUT2D eigenvalue weighted by atomic mass is 16.5. The molecule has 0 unspecified atom stereocenters. The first-order chi connectivity index (χ1) is 13.4. The van der Waals surface area contributed by atoms with Crippen molar-refractivity contribution in [2.24, 2.45) is 0 Å². The number of carbonyl (C=O) groups excluding carboxylic acids is 2. The second-order valence-corrected chi connectivity index (χ2v) is 6.85. The summed E-state index contributed by atoms with van der Waals surface area (Å²) in [5.41, 5.74) is 3.47. The second-order valence-electron chi connectivity index (χ2n) is 6.85. The van der Waals surface area contributed by atoms with Gasteiger partial charge in [-0.15, -0.1) is 0 Å². The van der Waals surface area contributed by atoms with E-state index < -0.39 is 5.97 Å². The van der Waals surface area contributed by atoms with Crippen molar-refractivity contribution in [1.82, 2.24) is 9.72 Å². The van der Waals surface area contributed by atoms with E-state index in [1.54, 1.807) is 13.2 Å². The molecule has 3 aromatic rings. The molecule has 28 heavy (non-hydrogen) atoms. The molecule has 0 aliphatic rings. The van der Waals surface area contributed by atoms with Crippen molar-refractivity contribution < 1.29 is 23.6 Å². The van der Waals surface area contributed by atoms with E-state index in [4.69, 9.17) is 14.0 Å². The van der Waals surface area contributed by atoms with Crippen molar-refractivity contribution in [2.45, 2.75) is 33.2 Å². The number of fused-ring (bicyclic) bond motifs is 1. The van der Waals surface area contributed by atoms with Crippen LogP contribution < -0.4 is 0 Å². The highest BCUT2D eigenvalue weighted by Crippen LogP contribution is 2.22. The van der Waals surface area contributed by atoms with Crippen molar-refractivity contribution in [3.63, 3.8) is 0 Å². The number of carbonyl (C=O) groups is 2. The summed E-state index contributed by atoms with van der Waals surface area (Å²) in [7, 11) is 1.65. The van der Waals surface area contributed by atoms with Crippen LogP contribution in [-0.4, -0.2) is 41.8 Å². The van der Waals surface area contributed by atoms with Crippen LogP contribution in [0.5, 0.6) is 0 Å². The molecule has 0 fully saturated rings. The number of rotatable bonds is 8. The summed E-state index contributed by atoms with van der Waals surface area (Å²) >= 11 is 0. The summed E-state index contributed by atoms with van der Waals surface area (Å²) in [6, 6.07) is 9.21. The van der Waals surface area contributed by atoms with Crippen LogP contribution in [0.25, 0.3) is 11.0 Å². The van der Waals surface area contributed by atoms with Crippen LogP contribution in [-0.2, 0) is 20.7 Å². The molecule has 0 amide bonds. The van der Waals surface area contributed by atoms with Gasteiger partial charge in [0.05, 0.1) is 19.1 Å². The van der Waals surface area contributed by atoms with Crippen LogP contribution in [0.4, 0.5) is 0 Å². The number of methoxy groups -OCH3 is 1. The third-order valence-electron chi connectivity index (χ3n) is 4.76. The number of para-hydroxylation sites is 1. The van der Waals surface area contributed by atoms with Crippen molar-refractivity contribution in [3.8, 4) is 0 Å². The van der Waals surface area contributed by atoms with Gasteiger partial charge in [0.2, 0.25) is 5.78 Å². The maximum atomic E-state index is 12.6. The summed E-state index contributed by atoms with van der Waals surface area (Å²) in [6.07, 6.45) is -0.0474. The van der Waals surface area contributed by atoms with Crippen LogP contribution in [0.3, 0.4) is 0 Å². The highest BCUT2D eigenvalue weighted by Gasteiger charge is 2.20. The normalized spacial score (nSPS) is 12.3. The van der Waals surface area contributed by atoms with Crippen LogP contribution in [0.2, 0.25) is 0 Å². The zero-order valence-corrected chi connectivity index (χ0v) is 16.5. The summed E-state index contributed by atoms with van der Waals surface area (Å²) < 4.78 is 17.6. The third kappa shape index (κ3) is 3.99. The van der Waals surface area contributed by atoms with Gasteiger partial charge < -0.3 is 18.6 Å². The van der Waals surface area contributed by atoms with Crippen LogP contribution in [0.15, 0.2) is 34.9 Å². The zero-order valence-electron chi connectivity index (χ0n) is 16.5. The van der Waals surface area contributed by atoms with E-state index >= 15 is 0 Å². The van der Waals surface area contributed by atoms with Gasteiger partial charge in [-0.2, -0.15) is 0 Å². The minimum atomic E-state index is -0.519. The Kier molecular flexibility index (Phi) is 5.94. The number of ether oxygens (including phenoxy) is 2. The predicted molar refractivity (Wildman–Crippen MR) is 103 cm³/mol. The molecule has 0 spiro atoms. The van der Waals surface area contributed by atoms with E-state index in [0.717, 1.165) is 16.8 Å². The molecule has 0 aliphatic carbocycles. The number of nitrogens with zero attached hydrogens (tertiary/aromatic N) is 2. The minimum absolute atomic E-state index is 0.0474. The lowest BCUT2D eigenvalue weighted by Gasteiger charge is -2.17. The van der Waals surface area contributed by atoms with Gasteiger partial charge in [0.25, 0.3) is 0 Å². The second kappa shape index (κ2) is 8.39. The van der Waals surface area contributed by atoms with Gasteiger partial charge in [0, 0.05) is 29.4 Å². The predicted octanol–water partition coefficient (Wildman–Crippen LogP) is 3.42. The monoisotopic (exact) mass is 384 g/mol. The zero-order chi connectivity index (χ0) is 20.3. The average Bonchev–Trinajstić information content (AvgIpc) is 3.20. The lowest BCUT2D eigenvalue weighted by molar-refractivity contribution is -0.141. The number of hydrogen-bond acceptors (Lipinski definition) is 6. The standard InChI is InChI=1S/C21H24N2O5/c1-13-9-17(15(3)23(13)14(2)11-26-4)19(24)12-27-21(25)10-18-16-7-5-6-8-20(16)28-22-18/h5-9,14H,10-12H2,1-4H3/t14-/m1/s1. The average molecular weight is 384 g/mol. The van der Waals surface area contributed by atoms with Crippen LogP contribution >= 0.6 is 0 Å². The molecular weight excluding hydrogens is 360 g/mol. The number of aromatic nitrogens is 2. The van der Waals surface area contributed by atoms with E-state index in [1.165, 1.54) is 0 Å². The van der Waals surface area contributed by atoms with Gasteiger partial charge in [-0.05, 0) is 39.0 Å². The van der Waals surface area contributed by atoms with E-state index in [0.29, 0.717) is 23.4 Å². The molecule has 1 atom stereocenters. The molecule has 3 rings (SSSR count). The fourth-order valence-electron chi connectivity index (χ4n) is 3.53. The number of ketones is 1. The molecule has 0 saturated carbocycles. The minimum Gasteiger partial charge on any atom is -0.457 e. The Labute approximate surface area is 163 Å². The first-order valence-corrected chi connectivity index (χ1v) is 9.11. The summed E-state index contributed by atoms with van der Waals surface area (Å²) in [5, 5.41) is 4.68. The number of esters is 1. The Morgan fingerprint density at radius 2 is 2.00 bits per heavy atom. The van der Waals surface area contributed by atoms with Gasteiger partial charge in [0.15, 0.2) is 12.2 Å². The SMILES string of the molecule is COC[C@@H](C)n1c(C)cc(C(=O)COC(=O)Cc2noc3ccccc23)c1C. The first-order valence-electron chi connectivity index (χ1n) is 9.11. The van der Waals surface area contributed by atoms with Gasteiger partial charge in [-0.1, -0.05) is 17.3 Å². The molecule has 2 heterocycles. The molecule has 0 aliphatic heterocycles. The van der Waals surface area contributed by atoms with Gasteiger partial charge in [0.1, 0.15) is 5.69 Å². The Balaban J connectivity index is 1.64. The van der Waals surface area contributed by atoms with Crippen LogP contribution in [0.1, 0.15) is 40.4 Å². The molecular formula is C21H24N2O5. The first kappa shape index (κ1) is 19.8. The van der Waals surface area contributed by atoms with Crippen molar-refractivity contribution in [2.75, 3.05) is 20.3 Å². The third-order valence-corrected chi connectivity index (χ3v) is 4.76. The van der Waals surface area contributed by atoms with E-state index in [2.05, 4.69) is 9.72 Å². The molecule has 0 saturated heterocycles. The lowest BCUT2D eigenvalue weighted by Crippen LogP contribution is -2.17. The molecule has 7 heteroatoms. The number of Topliss-reactive ketones (excluding diaryl/α,β-unsaturated/α-hetero) is 1. The van der Waals surface area contributed by atoms with Crippen molar-refractivity contribution in [1.29, 1.82) is 0 Å². The van der Waals surface area contributed by atoms with Gasteiger partial charge in [-0.25, -0.2) is 0 Å². The van der Waals surface area contributed by atoms with E-state index in [1.807, 2.05) is 45.0 Å². The summed E-state index contributed by atoms with van der Waals surface area (Å²) in [4.78, 5) is 24.7. The number of benzene rings is 1. The Hall–Kier alpha value is -2.93. The summed E-state index contributed by atoms with van der Waals surface area (Å²) in [6.45, 7) is 6.09.